The second kappa shape index (κ2) is 9.95. The van der Waals surface area contributed by atoms with Crippen LogP contribution in [0.15, 0.2) is 29.1 Å². The Morgan fingerprint density at radius 2 is 2.06 bits per heavy atom. The average molecular weight is 536 g/mol. The molecule has 1 fully saturated rings. The minimum absolute atomic E-state index is 0.0692. The van der Waals surface area contributed by atoms with Gasteiger partial charge in [-0.3, -0.25) is 14.5 Å². The Morgan fingerprint density at radius 3 is 2.81 bits per heavy atom. The predicted molar refractivity (Wildman–Crippen MR) is 136 cm³/mol. The van der Waals surface area contributed by atoms with Crippen LogP contribution in [0.2, 0.25) is 10.0 Å². The molecule has 1 aromatic heterocycles. The molecule has 0 aliphatic carbocycles. The summed E-state index contributed by atoms with van der Waals surface area (Å²) in [6.45, 7) is 3.41. The highest BCUT2D eigenvalue weighted by molar-refractivity contribution is 6.35. The van der Waals surface area contributed by atoms with Crippen LogP contribution in [0, 0.1) is 5.82 Å². The maximum Gasteiger partial charge on any atom is 0.258 e. The summed E-state index contributed by atoms with van der Waals surface area (Å²) in [6.07, 6.45) is 0.183. The van der Waals surface area contributed by atoms with Gasteiger partial charge in [0, 0.05) is 29.7 Å². The van der Waals surface area contributed by atoms with Gasteiger partial charge in [-0.15, -0.1) is 0 Å². The molecule has 0 spiro atoms. The van der Waals surface area contributed by atoms with Crippen LogP contribution in [-0.4, -0.2) is 58.0 Å². The van der Waals surface area contributed by atoms with E-state index < -0.39 is 17.5 Å². The largest absolute Gasteiger partial charge is 0.374 e. The average Bonchev–Trinajstić information content (AvgIpc) is 3.22. The Bertz CT molecular complexity index is 1400. The van der Waals surface area contributed by atoms with Gasteiger partial charge in [0.15, 0.2) is 0 Å². The number of aromatic nitrogens is 2. The van der Waals surface area contributed by atoms with E-state index in [0.717, 1.165) is 17.2 Å². The van der Waals surface area contributed by atoms with Gasteiger partial charge in [0.1, 0.15) is 17.8 Å². The second-order valence-electron chi connectivity index (χ2n) is 9.31. The molecule has 2 aliphatic rings. The van der Waals surface area contributed by atoms with Crippen molar-refractivity contribution >= 4 is 45.7 Å². The summed E-state index contributed by atoms with van der Waals surface area (Å²) in [7, 11) is 0. The number of halogens is 4. The molecule has 0 radical (unpaired) electrons. The van der Waals surface area contributed by atoms with Crippen molar-refractivity contribution in [2.75, 3.05) is 31.5 Å². The highest BCUT2D eigenvalue weighted by Crippen LogP contribution is 2.37. The van der Waals surface area contributed by atoms with Crippen molar-refractivity contribution in [2.45, 2.75) is 38.5 Å². The third kappa shape index (κ3) is 4.92. The molecule has 7 nitrogen and oxygen atoms in total. The molecule has 0 bridgehead atoms. The zero-order chi connectivity index (χ0) is 25.6. The van der Waals surface area contributed by atoms with Crippen LogP contribution >= 0.6 is 23.2 Å². The summed E-state index contributed by atoms with van der Waals surface area (Å²) < 4.78 is 28.3. The maximum absolute atomic E-state index is 14.8. The van der Waals surface area contributed by atoms with Crippen molar-refractivity contribution in [3.63, 3.8) is 0 Å². The van der Waals surface area contributed by atoms with Crippen molar-refractivity contribution < 1.29 is 13.6 Å². The van der Waals surface area contributed by atoms with Crippen LogP contribution in [0.3, 0.4) is 0 Å². The number of nitrogens with zero attached hydrogens (tertiary/aromatic N) is 3. The fraction of sp³-hybridized carbons (Fsp3) is 0.400. The smallest absolute Gasteiger partial charge is 0.258 e. The van der Waals surface area contributed by atoms with Crippen LogP contribution < -0.4 is 10.9 Å². The topological polar surface area (TPSA) is 81.3 Å². The Hall–Kier alpha value is -2.75. The molecule has 0 saturated carbocycles. The van der Waals surface area contributed by atoms with Crippen LogP contribution in [-0.2, 0) is 17.8 Å². The van der Waals surface area contributed by atoms with Gasteiger partial charge >= 0.3 is 0 Å². The molecule has 2 aromatic carbocycles. The molecule has 2 N–H and O–H groups in total. The highest BCUT2D eigenvalue weighted by atomic mass is 35.5. The van der Waals surface area contributed by atoms with Crippen molar-refractivity contribution in [2.24, 2.45) is 0 Å². The number of carbonyl (C=O) groups is 1. The molecule has 1 amide bonds. The fourth-order valence-electron chi connectivity index (χ4n) is 5.08. The monoisotopic (exact) mass is 535 g/mol. The van der Waals surface area contributed by atoms with Gasteiger partial charge in [-0.2, -0.15) is 0 Å². The maximum atomic E-state index is 14.8. The minimum Gasteiger partial charge on any atom is -0.374 e. The number of alkyl halides is 1. The number of rotatable bonds is 5. The zero-order valence-electron chi connectivity index (χ0n) is 19.6. The quantitative estimate of drug-likeness (QED) is 0.503. The SMILES string of the molecule is CC1c2c(Cl)cc(Cl)cc2CCN1C(=O)CNc1cc2nc(CN3CC[C@@H](F)C3)[nH]c(=O)c2cc1F. The lowest BCUT2D eigenvalue weighted by molar-refractivity contribution is -0.131. The number of amides is 1. The van der Waals surface area contributed by atoms with Gasteiger partial charge in [0.05, 0.1) is 35.7 Å². The van der Waals surface area contributed by atoms with Gasteiger partial charge in [-0.1, -0.05) is 23.2 Å². The Kier molecular flexibility index (Phi) is 6.89. The van der Waals surface area contributed by atoms with E-state index in [1.54, 1.807) is 11.0 Å². The lowest BCUT2D eigenvalue weighted by Crippen LogP contribution is -2.42. The lowest BCUT2D eigenvalue weighted by Gasteiger charge is -2.36. The molecule has 5 rings (SSSR count). The number of nitrogens with one attached hydrogen (secondary N) is 2. The van der Waals surface area contributed by atoms with Crippen molar-refractivity contribution in [3.05, 3.63) is 67.4 Å². The fourth-order valence-corrected chi connectivity index (χ4v) is 5.77. The summed E-state index contributed by atoms with van der Waals surface area (Å²) in [4.78, 5) is 36.2. The van der Waals surface area contributed by atoms with E-state index in [9.17, 15) is 18.4 Å². The van der Waals surface area contributed by atoms with Crippen molar-refractivity contribution in [3.8, 4) is 0 Å². The Morgan fingerprint density at radius 1 is 1.25 bits per heavy atom. The van der Waals surface area contributed by atoms with Crippen LogP contribution in [0.1, 0.15) is 36.3 Å². The van der Waals surface area contributed by atoms with E-state index >= 15 is 0 Å². The molecule has 3 aromatic rings. The molecule has 190 valence electrons. The van der Waals surface area contributed by atoms with Gasteiger partial charge in [0.2, 0.25) is 5.91 Å². The van der Waals surface area contributed by atoms with Crippen molar-refractivity contribution in [1.29, 1.82) is 0 Å². The Balaban J connectivity index is 1.32. The number of benzene rings is 2. The van der Waals surface area contributed by atoms with Crippen LogP contribution in [0.25, 0.3) is 10.9 Å². The number of likely N-dealkylation sites (tertiary alicyclic amines) is 1. The zero-order valence-corrected chi connectivity index (χ0v) is 21.1. The molecular formula is C25H25Cl2F2N5O2. The molecule has 2 aliphatic heterocycles. The summed E-state index contributed by atoms with van der Waals surface area (Å²) in [5.41, 5.74) is 1.78. The number of anilines is 1. The minimum atomic E-state index is -0.885. The molecule has 36 heavy (non-hydrogen) atoms. The third-order valence-corrected chi connectivity index (χ3v) is 7.40. The summed E-state index contributed by atoms with van der Waals surface area (Å²) in [5.74, 6) is -0.494. The second-order valence-corrected chi connectivity index (χ2v) is 10.2. The highest BCUT2D eigenvalue weighted by Gasteiger charge is 2.30. The number of hydrogen-bond acceptors (Lipinski definition) is 5. The standard InChI is InChI=1S/C25H25Cl2F2N5O2/c1-13-24-14(6-15(26)7-18(24)27)2-5-34(13)23(35)10-30-21-9-20-17(8-19(21)29)25(36)32-22(31-20)12-33-4-3-16(28)11-33/h6-9,13,16,30H,2-5,10-12H2,1H3,(H,31,32,36)/t13?,16-/m1/s1. The molecule has 1 saturated heterocycles. The number of carbonyl (C=O) groups excluding carboxylic acids is 1. The van der Waals surface area contributed by atoms with Crippen molar-refractivity contribution in [1.82, 2.24) is 19.8 Å². The first-order valence-corrected chi connectivity index (χ1v) is 12.5. The number of fused-ring (bicyclic) bond motifs is 2. The first-order chi connectivity index (χ1) is 17.2. The summed E-state index contributed by atoms with van der Waals surface area (Å²) in [5, 5.41) is 4.03. The van der Waals surface area contributed by atoms with E-state index in [4.69, 9.17) is 23.2 Å². The molecular weight excluding hydrogens is 511 g/mol. The van der Waals surface area contributed by atoms with Gasteiger partial charge in [-0.05, 0) is 55.2 Å². The first kappa shape index (κ1) is 24.9. The van der Waals surface area contributed by atoms with E-state index in [1.807, 2.05) is 17.9 Å². The molecule has 3 heterocycles. The lowest BCUT2D eigenvalue weighted by atomic mass is 9.93. The summed E-state index contributed by atoms with van der Waals surface area (Å²) >= 11 is 12.5. The Labute approximate surface area is 216 Å². The van der Waals surface area contributed by atoms with E-state index in [0.29, 0.717) is 53.9 Å². The van der Waals surface area contributed by atoms with Crippen LogP contribution in [0.4, 0.5) is 14.5 Å². The first-order valence-electron chi connectivity index (χ1n) is 11.8. The molecule has 1 unspecified atom stereocenters. The van der Waals surface area contributed by atoms with E-state index in [-0.39, 0.29) is 36.1 Å². The van der Waals surface area contributed by atoms with E-state index in [1.165, 1.54) is 6.07 Å². The van der Waals surface area contributed by atoms with Crippen LogP contribution in [0.5, 0.6) is 0 Å². The van der Waals surface area contributed by atoms with Gasteiger partial charge in [-0.25, -0.2) is 13.8 Å². The summed E-state index contributed by atoms with van der Waals surface area (Å²) in [6, 6.07) is 5.80. The van der Waals surface area contributed by atoms with E-state index in [2.05, 4.69) is 15.3 Å². The number of hydrogen-bond donors (Lipinski definition) is 2. The molecule has 11 heteroatoms. The number of aromatic amines is 1. The van der Waals surface area contributed by atoms with Gasteiger partial charge < -0.3 is 15.2 Å². The normalized spacial score (nSPS) is 20.1. The van der Waals surface area contributed by atoms with Gasteiger partial charge in [0.25, 0.3) is 5.56 Å². The molecule has 2 atom stereocenters. The third-order valence-electron chi connectivity index (χ3n) is 6.87. The number of H-pyrrole nitrogens is 1. The predicted octanol–water partition coefficient (Wildman–Crippen LogP) is 4.47.